The van der Waals surface area contributed by atoms with Crippen LogP contribution < -0.4 is 14.8 Å². The van der Waals surface area contributed by atoms with Crippen LogP contribution in [0.2, 0.25) is 0 Å². The maximum Gasteiger partial charge on any atom is 0.330 e. The highest BCUT2D eigenvalue weighted by atomic mass is 16.5. The fourth-order valence-electron chi connectivity index (χ4n) is 2.53. The molecule has 8 nitrogen and oxygen atoms in total. The number of ether oxygens (including phenoxy) is 3. The maximum atomic E-state index is 12.3. The molecular weight excluding hydrogens is 400 g/mol. The van der Waals surface area contributed by atoms with Crippen molar-refractivity contribution in [3.05, 3.63) is 59.7 Å². The van der Waals surface area contributed by atoms with Gasteiger partial charge in [0.25, 0.3) is 5.91 Å². The fourth-order valence-corrected chi connectivity index (χ4v) is 2.53. The van der Waals surface area contributed by atoms with E-state index in [1.54, 1.807) is 36.4 Å². The predicted octanol–water partition coefficient (Wildman–Crippen LogP) is 2.67. The molecule has 0 atom stereocenters. The number of aryl methyl sites for hydroxylation is 1. The molecule has 0 spiro atoms. The Morgan fingerprint density at radius 3 is 2.39 bits per heavy atom. The number of hydrogen-bond donors (Lipinski definition) is 1. The molecule has 2 amide bonds. The fraction of sp³-hybridized carbons (Fsp3) is 0.261. The quantitative estimate of drug-likeness (QED) is 0.489. The highest BCUT2D eigenvalue weighted by Gasteiger charge is 2.15. The Balaban J connectivity index is 1.90. The van der Waals surface area contributed by atoms with Crippen LogP contribution in [0.25, 0.3) is 6.08 Å². The summed E-state index contributed by atoms with van der Waals surface area (Å²) in [5.74, 6) is -0.377. The summed E-state index contributed by atoms with van der Waals surface area (Å²) in [4.78, 5) is 37.0. The molecule has 2 aromatic rings. The van der Waals surface area contributed by atoms with Crippen LogP contribution in [0.4, 0.5) is 5.69 Å². The first-order valence-electron chi connectivity index (χ1n) is 9.49. The molecule has 0 saturated heterocycles. The second-order valence-corrected chi connectivity index (χ2v) is 6.72. The lowest BCUT2D eigenvalue weighted by atomic mass is 10.2. The van der Waals surface area contributed by atoms with Gasteiger partial charge < -0.3 is 24.4 Å². The van der Waals surface area contributed by atoms with E-state index in [2.05, 4.69) is 10.1 Å². The molecule has 0 saturated carbocycles. The Morgan fingerprint density at radius 1 is 1.03 bits per heavy atom. The van der Waals surface area contributed by atoms with Gasteiger partial charge in [0.15, 0.2) is 18.1 Å². The predicted molar refractivity (Wildman–Crippen MR) is 117 cm³/mol. The average Bonchev–Trinajstić information content (AvgIpc) is 2.77. The molecular formula is C23H26N2O6. The third-order valence-corrected chi connectivity index (χ3v) is 4.29. The molecule has 0 unspecified atom stereocenters. The smallest absolute Gasteiger partial charge is 0.330 e. The summed E-state index contributed by atoms with van der Waals surface area (Å²) in [5.41, 5.74) is 2.45. The highest BCUT2D eigenvalue weighted by molar-refractivity contribution is 5.94. The van der Waals surface area contributed by atoms with E-state index < -0.39 is 5.97 Å². The van der Waals surface area contributed by atoms with Crippen LogP contribution in [0, 0.1) is 6.92 Å². The summed E-state index contributed by atoms with van der Waals surface area (Å²) in [6.07, 6.45) is 2.86. The number of esters is 1. The van der Waals surface area contributed by atoms with Gasteiger partial charge in [-0.3, -0.25) is 9.59 Å². The van der Waals surface area contributed by atoms with E-state index in [4.69, 9.17) is 9.47 Å². The first-order chi connectivity index (χ1) is 14.8. The van der Waals surface area contributed by atoms with E-state index >= 15 is 0 Å². The summed E-state index contributed by atoms with van der Waals surface area (Å²) < 4.78 is 15.4. The van der Waals surface area contributed by atoms with Crippen LogP contribution >= 0.6 is 0 Å². The lowest BCUT2D eigenvalue weighted by Gasteiger charge is -2.18. The van der Waals surface area contributed by atoms with Crippen molar-refractivity contribution in [1.82, 2.24) is 4.90 Å². The molecule has 0 aliphatic carbocycles. The van der Waals surface area contributed by atoms with Gasteiger partial charge in [-0.05, 0) is 42.8 Å². The van der Waals surface area contributed by atoms with Crippen LogP contribution in [-0.2, 0) is 19.1 Å². The number of methoxy groups -OCH3 is 2. The number of nitrogens with zero attached hydrogens (tertiary/aromatic N) is 1. The van der Waals surface area contributed by atoms with Gasteiger partial charge in [-0.1, -0.05) is 23.8 Å². The van der Waals surface area contributed by atoms with E-state index in [-0.39, 0.29) is 25.0 Å². The minimum absolute atomic E-state index is 0.107. The van der Waals surface area contributed by atoms with E-state index in [0.717, 1.165) is 5.56 Å². The molecule has 0 aliphatic heterocycles. The number of nitrogens with one attached hydrogen (secondary N) is 1. The number of amides is 2. The Morgan fingerprint density at radius 2 is 1.74 bits per heavy atom. The largest absolute Gasteiger partial charge is 0.493 e. The number of rotatable bonds is 9. The molecule has 2 rings (SSSR count). The third-order valence-electron chi connectivity index (χ3n) is 4.29. The van der Waals surface area contributed by atoms with Gasteiger partial charge in [0.1, 0.15) is 0 Å². The van der Waals surface area contributed by atoms with Crippen LogP contribution in [0.5, 0.6) is 11.5 Å². The number of benzene rings is 2. The second kappa shape index (κ2) is 11.4. The molecule has 0 fully saturated rings. The van der Waals surface area contributed by atoms with Gasteiger partial charge in [-0.25, -0.2) is 4.79 Å². The topological polar surface area (TPSA) is 94.2 Å². The van der Waals surface area contributed by atoms with Crippen molar-refractivity contribution in [2.24, 2.45) is 0 Å². The molecule has 0 radical (unpaired) electrons. The lowest BCUT2D eigenvalue weighted by Crippen LogP contribution is -2.37. The second-order valence-electron chi connectivity index (χ2n) is 6.72. The third kappa shape index (κ3) is 7.50. The molecule has 0 aliphatic rings. The van der Waals surface area contributed by atoms with Crippen LogP contribution in [0.3, 0.4) is 0 Å². The van der Waals surface area contributed by atoms with Crippen molar-refractivity contribution in [2.75, 3.05) is 39.7 Å². The minimum Gasteiger partial charge on any atom is -0.493 e. The number of likely N-dealkylation sites (N-methyl/N-ethyl adjacent to an activating group) is 1. The van der Waals surface area contributed by atoms with Crippen molar-refractivity contribution in [3.8, 4) is 11.5 Å². The minimum atomic E-state index is -0.473. The lowest BCUT2D eigenvalue weighted by molar-refractivity contribution is -0.135. The SMILES string of the molecule is COC(=O)/C=C/c1ccc(OCC(=O)N(C)CC(=O)Nc2ccc(C)cc2)c(OC)c1. The van der Waals surface area contributed by atoms with E-state index in [1.165, 1.54) is 32.2 Å². The van der Waals surface area contributed by atoms with E-state index in [0.29, 0.717) is 22.7 Å². The zero-order chi connectivity index (χ0) is 22.8. The standard InChI is InChI=1S/C23H26N2O6/c1-16-5-9-18(10-6-16)24-21(26)14-25(2)22(27)15-31-19-11-7-17(13-20(19)29-3)8-12-23(28)30-4/h5-13H,14-15H2,1-4H3,(H,24,26)/b12-8+. The molecule has 0 aromatic heterocycles. The van der Waals surface area contributed by atoms with Crippen molar-refractivity contribution in [1.29, 1.82) is 0 Å². The normalized spacial score (nSPS) is 10.5. The van der Waals surface area contributed by atoms with Crippen molar-refractivity contribution in [3.63, 3.8) is 0 Å². The molecule has 164 valence electrons. The molecule has 0 bridgehead atoms. The summed E-state index contributed by atoms with van der Waals surface area (Å²) in [5, 5.41) is 2.74. The molecule has 1 N–H and O–H groups in total. The Bertz CT molecular complexity index is 953. The van der Waals surface area contributed by atoms with Gasteiger partial charge in [-0.15, -0.1) is 0 Å². The van der Waals surface area contributed by atoms with Gasteiger partial charge in [-0.2, -0.15) is 0 Å². The average molecular weight is 426 g/mol. The first kappa shape index (κ1) is 23.5. The van der Waals surface area contributed by atoms with Crippen LogP contribution in [0.1, 0.15) is 11.1 Å². The summed E-state index contributed by atoms with van der Waals surface area (Å²) in [6.45, 7) is 1.59. The highest BCUT2D eigenvalue weighted by Crippen LogP contribution is 2.28. The zero-order valence-electron chi connectivity index (χ0n) is 18.0. The van der Waals surface area contributed by atoms with Gasteiger partial charge >= 0.3 is 5.97 Å². The molecule has 8 heteroatoms. The van der Waals surface area contributed by atoms with Gasteiger partial charge in [0.2, 0.25) is 5.91 Å². The van der Waals surface area contributed by atoms with Gasteiger partial charge in [0.05, 0.1) is 20.8 Å². The molecule has 2 aromatic carbocycles. The molecule has 31 heavy (non-hydrogen) atoms. The Hall–Kier alpha value is -3.81. The Labute approximate surface area is 181 Å². The molecule has 0 heterocycles. The first-order valence-corrected chi connectivity index (χ1v) is 9.49. The van der Waals surface area contributed by atoms with Crippen molar-refractivity contribution < 1.29 is 28.6 Å². The van der Waals surface area contributed by atoms with Crippen molar-refractivity contribution >= 4 is 29.5 Å². The number of carbonyl (C=O) groups excluding carboxylic acids is 3. The van der Waals surface area contributed by atoms with Gasteiger partial charge in [0, 0.05) is 18.8 Å². The van der Waals surface area contributed by atoms with Crippen molar-refractivity contribution in [2.45, 2.75) is 6.92 Å². The van der Waals surface area contributed by atoms with E-state index in [1.807, 2.05) is 19.1 Å². The monoisotopic (exact) mass is 426 g/mol. The number of hydrogen-bond acceptors (Lipinski definition) is 6. The van der Waals surface area contributed by atoms with Crippen LogP contribution in [0.15, 0.2) is 48.5 Å². The Kier molecular flexibility index (Phi) is 8.63. The summed E-state index contributed by atoms with van der Waals surface area (Å²) >= 11 is 0. The summed E-state index contributed by atoms with van der Waals surface area (Å²) in [6, 6.07) is 12.4. The zero-order valence-corrected chi connectivity index (χ0v) is 18.0. The maximum absolute atomic E-state index is 12.3. The number of carbonyl (C=O) groups is 3. The van der Waals surface area contributed by atoms with E-state index in [9.17, 15) is 14.4 Å². The van der Waals surface area contributed by atoms with Crippen LogP contribution in [-0.4, -0.2) is 57.1 Å². The number of anilines is 1. The summed E-state index contributed by atoms with van der Waals surface area (Å²) in [7, 11) is 4.29.